The van der Waals surface area contributed by atoms with Crippen LogP contribution in [0.5, 0.6) is 0 Å². The lowest BCUT2D eigenvalue weighted by Gasteiger charge is -2.24. The molecule has 14 N–H and O–H groups in total. The summed E-state index contributed by atoms with van der Waals surface area (Å²) in [5.41, 5.74) is 5.37. The van der Waals surface area contributed by atoms with Crippen LogP contribution < -0.4 is 37.6 Å². The number of hydrogen-bond acceptors (Lipinski definition) is 15. The molecule has 0 saturated heterocycles. The maximum atomic E-state index is 13.4. The summed E-state index contributed by atoms with van der Waals surface area (Å²) in [6.07, 6.45) is -6.16. The largest absolute Gasteiger partial charge is 0.481 e. The molecule has 1 rings (SSSR count). The Morgan fingerprint density at radius 2 is 1.00 bits per heavy atom. The van der Waals surface area contributed by atoms with Gasteiger partial charge in [-0.15, -0.1) is 0 Å². The van der Waals surface area contributed by atoms with E-state index < -0.39 is 153 Å². The summed E-state index contributed by atoms with van der Waals surface area (Å²) < 4.78 is 4.58. The first-order valence-electron chi connectivity index (χ1n) is 18.4. The molecule has 0 fully saturated rings. The third-order valence-corrected chi connectivity index (χ3v) is 10.5. The van der Waals surface area contributed by atoms with Crippen LogP contribution in [0.3, 0.4) is 0 Å². The highest BCUT2D eigenvalue weighted by Crippen LogP contribution is 2.22. The van der Waals surface area contributed by atoms with E-state index >= 15 is 0 Å². The van der Waals surface area contributed by atoms with Crippen LogP contribution in [0.1, 0.15) is 50.5 Å². The van der Waals surface area contributed by atoms with E-state index in [1.54, 1.807) is 30.3 Å². The van der Waals surface area contributed by atoms with Crippen LogP contribution in [0.4, 0.5) is 9.59 Å². The van der Waals surface area contributed by atoms with Gasteiger partial charge in [0.2, 0.25) is 23.6 Å². The fourth-order valence-electron chi connectivity index (χ4n) is 5.00. The zero-order chi connectivity index (χ0) is 47.6. The Kier molecular flexibility index (Phi) is 24.6. The number of amides is 7. The van der Waals surface area contributed by atoms with E-state index in [2.05, 4.69) is 26.0 Å². The summed E-state index contributed by atoms with van der Waals surface area (Å²) in [5, 5.41) is 68.9. The van der Waals surface area contributed by atoms with Crippen molar-refractivity contribution in [1.29, 1.82) is 0 Å². The number of rotatable bonds is 31. The molecular weight excluding hydrogens is 887 g/mol. The number of nitrogens with two attached hydrogens (primary N) is 1. The van der Waals surface area contributed by atoms with Gasteiger partial charge in [0.25, 0.3) is 0 Å². The Balaban J connectivity index is 2.97. The molecule has 0 aromatic heterocycles. The van der Waals surface area contributed by atoms with E-state index in [1.165, 1.54) is 0 Å². The van der Waals surface area contributed by atoms with Crippen molar-refractivity contribution < 1.29 is 92.9 Å². The Hall–Kier alpha value is -6.84. The maximum Gasteiger partial charge on any atom is 0.404 e. The number of aliphatic carboxylic acids is 6. The number of urea groups is 1. The second-order valence-corrected chi connectivity index (χ2v) is 15.6. The molecule has 0 saturated carbocycles. The van der Waals surface area contributed by atoms with Gasteiger partial charge in [0.05, 0.1) is 6.42 Å². The molecule has 6 atom stereocenters. The number of nitrogens with one attached hydrogen (secondary N) is 6. The molecule has 0 bridgehead atoms. The van der Waals surface area contributed by atoms with Gasteiger partial charge in [0.1, 0.15) is 42.9 Å². The van der Waals surface area contributed by atoms with Gasteiger partial charge in [-0.3, -0.25) is 28.8 Å². The normalized spacial score (nSPS) is 13.5. The minimum Gasteiger partial charge on any atom is -0.481 e. The quantitative estimate of drug-likeness (QED) is 0.0281. The molecule has 7 amide bonds. The van der Waals surface area contributed by atoms with Crippen LogP contribution in [0.25, 0.3) is 0 Å². The fourth-order valence-corrected chi connectivity index (χ4v) is 6.98. The molecule has 0 aliphatic carbocycles. The molecule has 0 unspecified atom stereocenters. The monoisotopic (exact) mass is 933 g/mol. The third-order valence-electron chi connectivity index (χ3n) is 8.10. The summed E-state index contributed by atoms with van der Waals surface area (Å²) in [6, 6.07) is -3.42. The van der Waals surface area contributed by atoms with Crippen LogP contribution in [0.15, 0.2) is 30.3 Å². The van der Waals surface area contributed by atoms with Crippen LogP contribution in [-0.2, 0) is 59.1 Å². The van der Waals surface area contributed by atoms with Crippen LogP contribution in [0.2, 0.25) is 0 Å². The zero-order valence-electron chi connectivity index (χ0n) is 33.0. The molecule has 1 aromatic rings. The SMILES string of the molecule is NC(=O)OCCSSC[C@@H](NC(=O)[C@@H](Cc1ccccc1)NC(=O)[C@H](CC(=O)O)NC(=O)CC[C@H](NC(=O)CC[C@H](NC(=O)N[C@@H](CCC(=O)O)C(=O)O)C(=O)O)C(=O)O)C(=O)O. The predicted molar refractivity (Wildman–Crippen MR) is 216 cm³/mol. The van der Waals surface area contributed by atoms with Gasteiger partial charge in [-0.1, -0.05) is 51.9 Å². The minimum atomic E-state index is -1.86. The van der Waals surface area contributed by atoms with E-state index in [0.29, 0.717) is 5.56 Å². The van der Waals surface area contributed by atoms with E-state index in [9.17, 15) is 83.1 Å². The molecule has 1 aromatic carbocycles. The maximum absolute atomic E-state index is 13.4. The van der Waals surface area contributed by atoms with E-state index in [4.69, 9.17) is 10.8 Å². The smallest absolute Gasteiger partial charge is 0.404 e. The van der Waals surface area contributed by atoms with Crippen molar-refractivity contribution in [2.45, 2.75) is 87.6 Å². The van der Waals surface area contributed by atoms with Crippen molar-refractivity contribution in [1.82, 2.24) is 31.9 Å². The highest BCUT2D eigenvalue weighted by Gasteiger charge is 2.32. The van der Waals surface area contributed by atoms with Gasteiger partial charge in [-0.25, -0.2) is 28.8 Å². The molecular formula is C35H47N7O19S2. The van der Waals surface area contributed by atoms with E-state index in [1.807, 2.05) is 10.6 Å². The average Bonchev–Trinajstić information content (AvgIpc) is 3.19. The Morgan fingerprint density at radius 1 is 0.540 bits per heavy atom. The van der Waals surface area contributed by atoms with E-state index in [0.717, 1.165) is 21.6 Å². The highest BCUT2D eigenvalue weighted by molar-refractivity contribution is 8.76. The topological polar surface area (TPSA) is 434 Å². The molecule has 26 nitrogen and oxygen atoms in total. The predicted octanol–water partition coefficient (Wildman–Crippen LogP) is -2.08. The Bertz CT molecular complexity index is 1820. The lowest BCUT2D eigenvalue weighted by Crippen LogP contribution is -2.57. The third kappa shape index (κ3) is 23.7. The van der Waals surface area contributed by atoms with E-state index in [-0.39, 0.29) is 24.5 Å². The van der Waals surface area contributed by atoms with Gasteiger partial charge in [0, 0.05) is 37.2 Å². The van der Waals surface area contributed by atoms with Gasteiger partial charge in [-0.2, -0.15) is 0 Å². The van der Waals surface area contributed by atoms with Crippen LogP contribution in [0, 0.1) is 0 Å². The molecule has 0 aliphatic heterocycles. The average molecular weight is 934 g/mol. The van der Waals surface area contributed by atoms with Crippen molar-refractivity contribution in [2.24, 2.45) is 5.73 Å². The number of carbonyl (C=O) groups excluding carboxylic acids is 6. The van der Waals surface area contributed by atoms with Crippen molar-refractivity contribution in [3.05, 3.63) is 35.9 Å². The molecule has 0 radical (unpaired) electrons. The van der Waals surface area contributed by atoms with Crippen molar-refractivity contribution in [3.8, 4) is 0 Å². The zero-order valence-corrected chi connectivity index (χ0v) is 34.6. The molecule has 0 heterocycles. The van der Waals surface area contributed by atoms with Crippen LogP contribution >= 0.6 is 21.6 Å². The summed E-state index contributed by atoms with van der Waals surface area (Å²) in [5.74, 6) is -13.6. The molecule has 0 spiro atoms. The summed E-state index contributed by atoms with van der Waals surface area (Å²) in [4.78, 5) is 145. The molecule has 63 heavy (non-hydrogen) atoms. The number of carboxylic acid groups (broad SMARTS) is 6. The summed E-state index contributed by atoms with van der Waals surface area (Å²) in [6.45, 7) is -0.0609. The molecule has 0 aliphatic rings. The number of ether oxygens (including phenoxy) is 1. The van der Waals surface area contributed by atoms with Gasteiger partial charge >= 0.3 is 47.9 Å². The first kappa shape index (κ1) is 54.2. The van der Waals surface area contributed by atoms with Gasteiger partial charge < -0.3 is 73.0 Å². The standard InChI is InChI=1S/C35H47N7O19S2/c36-34(59)61-12-13-62-63-16-23(33(57)58)40-28(49)21(14-17-4-2-1-3-5-17)39-29(50)22(15-27(47)48)38-25(44)9-6-18(30(51)52)37-24(43)10-7-19(31(53)54)41-35(60)42-20(32(55)56)8-11-26(45)46/h1-5,18-23H,6-16H2,(H2,36,59)(H,37,43)(H,38,44)(H,39,50)(H,40,49)(H,45,46)(H,47,48)(H,51,52)(H,53,54)(H,55,56)(H,57,58)(H2,41,42,60)/t18-,19-,20-,21+,22-,23+/m0/s1. The Labute approximate surface area is 364 Å². The molecule has 348 valence electrons. The second-order valence-electron chi connectivity index (χ2n) is 13.0. The van der Waals surface area contributed by atoms with Crippen molar-refractivity contribution in [2.75, 3.05) is 18.1 Å². The number of hydrogen-bond donors (Lipinski definition) is 13. The van der Waals surface area contributed by atoms with Gasteiger partial charge in [-0.05, 0) is 24.8 Å². The van der Waals surface area contributed by atoms with Crippen molar-refractivity contribution in [3.63, 3.8) is 0 Å². The molecule has 28 heteroatoms. The number of carbonyl (C=O) groups is 12. The lowest BCUT2D eigenvalue weighted by atomic mass is 10.0. The minimum absolute atomic E-state index is 0.0609. The Morgan fingerprint density at radius 3 is 1.48 bits per heavy atom. The number of primary amides is 1. The lowest BCUT2D eigenvalue weighted by molar-refractivity contribution is -0.143. The first-order valence-corrected chi connectivity index (χ1v) is 20.9. The fraction of sp³-hybridized carbons (Fsp3) is 0.486. The van der Waals surface area contributed by atoms with Crippen LogP contribution in [-0.4, -0.2) is 157 Å². The van der Waals surface area contributed by atoms with Crippen molar-refractivity contribution >= 4 is 93.2 Å². The van der Waals surface area contributed by atoms with Gasteiger partial charge in [0.15, 0.2) is 0 Å². The summed E-state index contributed by atoms with van der Waals surface area (Å²) in [7, 11) is 2.13. The highest BCUT2D eigenvalue weighted by atomic mass is 33.1. The second kappa shape index (κ2) is 28.6. The summed E-state index contributed by atoms with van der Waals surface area (Å²) >= 11 is 0. The number of benzene rings is 1. The first-order chi connectivity index (χ1) is 29.6. The number of carboxylic acids is 6.